The lowest BCUT2D eigenvalue weighted by atomic mass is 9.89. The Bertz CT molecular complexity index is 2050. The summed E-state index contributed by atoms with van der Waals surface area (Å²) in [6, 6.07) is 29.2. The third kappa shape index (κ3) is 22.0. The maximum absolute atomic E-state index is 12.5. The Morgan fingerprint density at radius 3 is 1.80 bits per heavy atom. The van der Waals surface area contributed by atoms with Crippen LogP contribution in [0.2, 0.25) is 0 Å². The summed E-state index contributed by atoms with van der Waals surface area (Å²) in [5.74, 6) is 2.58. The summed E-state index contributed by atoms with van der Waals surface area (Å²) >= 11 is 1.82. The molecule has 1 aliphatic carbocycles. The van der Waals surface area contributed by atoms with Crippen molar-refractivity contribution < 1.29 is 42.8 Å². The molecule has 0 unspecified atom stereocenters. The standard InChI is InChI=1S/C35H41NO7.C13H18S.2C3H4O/c1-38-19-4-21-40-31-13-9-28(10-14-31)34(27-6-3-7-27)43-33-17-8-26(24-30(33)25-36)18-23-42-35(37)29-11-15-32(16-12-29)41-22-5-20-39-2;1-4-8-12-9-6-7-10-13(12)14-11(3)5-2;2*1-2-3-4/h8-17,24-25,36H,3-7,18-23H2,1-2H3;6-7,9-10H,3-5,8H2,1-2H3;2*2-3H,1H2. The van der Waals surface area contributed by atoms with E-state index in [0.717, 1.165) is 61.2 Å². The van der Waals surface area contributed by atoms with E-state index in [4.69, 9.17) is 43.4 Å². The molecule has 0 aromatic heterocycles. The molecule has 0 saturated heterocycles. The van der Waals surface area contributed by atoms with E-state index < -0.39 is 0 Å². The zero-order chi connectivity index (χ0) is 47.5. The Labute approximate surface area is 391 Å². The van der Waals surface area contributed by atoms with E-state index >= 15 is 0 Å². The summed E-state index contributed by atoms with van der Waals surface area (Å²) < 4.78 is 33.5. The minimum absolute atomic E-state index is 0.223. The molecule has 1 N–H and O–H groups in total. The molecule has 5 rings (SSSR count). The molecule has 1 fully saturated rings. The first kappa shape index (κ1) is 55.1. The van der Waals surface area contributed by atoms with Gasteiger partial charge in [-0.3, -0.25) is 9.59 Å². The van der Waals surface area contributed by atoms with Crippen LogP contribution in [0.1, 0.15) is 91.4 Å². The molecule has 0 radical (unpaired) electrons. The first-order chi connectivity index (χ1) is 31.7. The summed E-state index contributed by atoms with van der Waals surface area (Å²) in [5, 5.41) is 8.01. The Kier molecular flexibility index (Phi) is 29.2. The van der Waals surface area contributed by atoms with E-state index in [1.54, 1.807) is 38.5 Å². The maximum Gasteiger partial charge on any atom is 0.338 e. The number of nitrogens with one attached hydrogen (secondary N) is 1. The molecule has 0 bridgehead atoms. The number of thioether (sulfide) groups is 1. The average Bonchev–Trinajstić information content (AvgIpc) is 3.32. The molecule has 4 aromatic rings. The van der Waals surface area contributed by atoms with Crippen molar-refractivity contribution in [2.45, 2.75) is 76.5 Å². The lowest BCUT2D eigenvalue weighted by molar-refractivity contribution is -0.104. The van der Waals surface area contributed by atoms with Crippen molar-refractivity contribution in [1.82, 2.24) is 0 Å². The number of carbonyl (C=O) groups excluding carboxylic acids is 3. The number of hydrogen-bond donors (Lipinski definition) is 1. The molecule has 0 spiro atoms. The van der Waals surface area contributed by atoms with Crippen molar-refractivity contribution in [1.29, 1.82) is 5.41 Å². The van der Waals surface area contributed by atoms with Crippen LogP contribution >= 0.6 is 11.8 Å². The van der Waals surface area contributed by atoms with Gasteiger partial charge in [0.1, 0.15) is 35.6 Å². The van der Waals surface area contributed by atoms with E-state index in [2.05, 4.69) is 57.8 Å². The number of aryl methyl sites for hydroxylation is 1. The molecule has 0 atom stereocenters. The number of aldehydes is 2. The number of methoxy groups -OCH3 is 2. The van der Waals surface area contributed by atoms with Crippen LogP contribution in [0.15, 0.2) is 138 Å². The van der Waals surface area contributed by atoms with Gasteiger partial charge in [-0.15, -0.1) is 0 Å². The van der Waals surface area contributed by atoms with Crippen LogP contribution in [0.4, 0.5) is 0 Å². The van der Waals surface area contributed by atoms with Crippen LogP contribution in [0.5, 0.6) is 17.2 Å². The minimum Gasteiger partial charge on any atom is -0.494 e. The predicted octanol–water partition coefficient (Wildman–Crippen LogP) is 12.3. The van der Waals surface area contributed by atoms with Crippen molar-refractivity contribution in [2.75, 3.05) is 47.3 Å². The van der Waals surface area contributed by atoms with Gasteiger partial charge in [-0.2, -0.15) is 0 Å². The topological polar surface area (TPSA) is 130 Å². The van der Waals surface area contributed by atoms with Gasteiger partial charge in [0, 0.05) is 68.9 Å². The zero-order valence-electron chi connectivity index (χ0n) is 38.7. The highest BCUT2D eigenvalue weighted by Crippen LogP contribution is 2.36. The largest absolute Gasteiger partial charge is 0.494 e. The fourth-order valence-corrected chi connectivity index (χ4v) is 6.72. The van der Waals surface area contributed by atoms with Crippen LogP contribution in [0.25, 0.3) is 5.76 Å². The van der Waals surface area contributed by atoms with Crippen LogP contribution in [-0.2, 0) is 36.6 Å². The van der Waals surface area contributed by atoms with Crippen molar-refractivity contribution in [3.63, 3.8) is 0 Å². The monoisotopic (exact) mass is 905 g/mol. The van der Waals surface area contributed by atoms with E-state index in [0.29, 0.717) is 68.0 Å². The van der Waals surface area contributed by atoms with E-state index in [1.165, 1.54) is 52.1 Å². The summed E-state index contributed by atoms with van der Waals surface area (Å²) in [6.45, 7) is 17.3. The number of hydrogen-bond acceptors (Lipinski definition) is 11. The van der Waals surface area contributed by atoms with Gasteiger partial charge in [0.05, 0.1) is 25.4 Å². The van der Waals surface area contributed by atoms with Crippen LogP contribution in [0, 0.1) is 5.41 Å². The van der Waals surface area contributed by atoms with Gasteiger partial charge >= 0.3 is 5.97 Å². The molecule has 0 amide bonds. The second-order valence-corrected chi connectivity index (χ2v) is 15.5. The van der Waals surface area contributed by atoms with Crippen LogP contribution < -0.4 is 14.2 Å². The van der Waals surface area contributed by atoms with Gasteiger partial charge in [-0.25, -0.2) is 4.79 Å². The predicted molar refractivity (Wildman–Crippen MR) is 265 cm³/mol. The zero-order valence-corrected chi connectivity index (χ0v) is 39.5. The molecule has 65 heavy (non-hydrogen) atoms. The van der Waals surface area contributed by atoms with Gasteiger partial charge < -0.3 is 33.8 Å². The number of esters is 1. The normalized spacial score (nSPS) is 10.9. The summed E-state index contributed by atoms with van der Waals surface area (Å²) in [7, 11) is 3.34. The number of benzene rings is 4. The summed E-state index contributed by atoms with van der Waals surface area (Å²) in [5.41, 5.74) is 5.79. The van der Waals surface area contributed by atoms with Crippen LogP contribution in [0.3, 0.4) is 0 Å². The summed E-state index contributed by atoms with van der Waals surface area (Å²) in [6.07, 6.45) is 13.7. The van der Waals surface area contributed by atoms with Crippen molar-refractivity contribution in [3.8, 4) is 17.2 Å². The number of allylic oxidation sites excluding steroid dienone is 4. The first-order valence-electron chi connectivity index (χ1n) is 21.9. The Balaban J connectivity index is 0.000000542. The second-order valence-electron chi connectivity index (χ2n) is 14.3. The lowest BCUT2D eigenvalue weighted by Gasteiger charge is -2.23. The third-order valence-electron chi connectivity index (χ3n) is 9.41. The molecule has 0 aliphatic heterocycles. The molecule has 4 aromatic carbocycles. The van der Waals surface area contributed by atoms with Crippen LogP contribution in [-0.4, -0.2) is 72.0 Å². The quantitative estimate of drug-likeness (QED) is 0.0130. The highest BCUT2D eigenvalue weighted by atomic mass is 32.2. The van der Waals surface area contributed by atoms with E-state index in [9.17, 15) is 4.79 Å². The summed E-state index contributed by atoms with van der Waals surface area (Å²) in [4.78, 5) is 33.3. The van der Waals surface area contributed by atoms with Crippen molar-refractivity contribution in [2.24, 2.45) is 0 Å². The molecular formula is C54H67NO9S. The van der Waals surface area contributed by atoms with Crippen molar-refractivity contribution in [3.05, 3.63) is 161 Å². The number of rotatable bonds is 25. The average molecular weight is 906 g/mol. The lowest BCUT2D eigenvalue weighted by Crippen LogP contribution is -2.09. The Hall–Kier alpha value is -6.01. The number of carbonyl (C=O) groups is 3. The molecule has 1 aliphatic rings. The highest BCUT2D eigenvalue weighted by molar-refractivity contribution is 8.03. The Morgan fingerprint density at radius 1 is 0.738 bits per heavy atom. The van der Waals surface area contributed by atoms with Crippen molar-refractivity contribution >= 4 is 42.3 Å². The number of ether oxygens (including phenoxy) is 6. The molecule has 348 valence electrons. The fraction of sp³-hybridized carbons (Fsp3) is 0.333. The minimum atomic E-state index is -0.388. The Morgan fingerprint density at radius 2 is 1.31 bits per heavy atom. The second kappa shape index (κ2) is 34.4. The van der Waals surface area contributed by atoms with Gasteiger partial charge in [0.25, 0.3) is 0 Å². The third-order valence-corrected chi connectivity index (χ3v) is 10.6. The molecule has 11 heteroatoms. The maximum atomic E-state index is 12.5. The molecular weight excluding hydrogens is 839 g/mol. The highest BCUT2D eigenvalue weighted by Gasteiger charge is 2.20. The molecule has 1 saturated carbocycles. The molecule has 0 heterocycles. The van der Waals surface area contributed by atoms with Gasteiger partial charge in [-0.05, 0) is 133 Å². The van der Waals surface area contributed by atoms with E-state index in [1.807, 2.05) is 54.2 Å². The molecule has 10 nitrogen and oxygen atoms in total. The van der Waals surface area contributed by atoms with Gasteiger partial charge in [0.15, 0.2) is 0 Å². The fourth-order valence-electron chi connectivity index (χ4n) is 5.81. The first-order valence-corrected chi connectivity index (χ1v) is 22.7. The SMILES string of the molecule is C=C(CC)Sc1ccccc1CCC.C=CC=O.C=CC=O.COCCCOc1ccc(C(=O)OCCc2ccc(OC(=C3CCC3)c3ccc(OCCCOC)cc3)c(C=N)c2)cc1. The smallest absolute Gasteiger partial charge is 0.338 e. The van der Waals surface area contributed by atoms with E-state index in [-0.39, 0.29) is 12.6 Å². The van der Waals surface area contributed by atoms with Gasteiger partial charge in [0.2, 0.25) is 0 Å². The van der Waals surface area contributed by atoms with Gasteiger partial charge in [-0.1, -0.05) is 76.0 Å².